The zero-order valence-electron chi connectivity index (χ0n) is 8.56. The Hall–Kier alpha value is -1.08. The molecule has 0 bridgehead atoms. The van der Waals surface area contributed by atoms with E-state index in [1.54, 1.807) is 12.1 Å². The van der Waals surface area contributed by atoms with Crippen molar-refractivity contribution in [2.75, 3.05) is 0 Å². The van der Waals surface area contributed by atoms with Crippen LogP contribution in [-0.4, -0.2) is 14.9 Å². The van der Waals surface area contributed by atoms with Gasteiger partial charge in [0.1, 0.15) is 0 Å². The van der Waals surface area contributed by atoms with Crippen molar-refractivity contribution in [2.45, 2.75) is 10.7 Å². The molecule has 2 aromatic rings. The number of non-ortho nitro benzene ring substituents is 1. The summed E-state index contributed by atoms with van der Waals surface area (Å²) in [5.74, 6) is 0. The molecule has 1 aromatic carbocycles. The van der Waals surface area contributed by atoms with Gasteiger partial charge in [-0.3, -0.25) is 10.1 Å². The van der Waals surface area contributed by atoms with Gasteiger partial charge in [-0.2, -0.15) is 0 Å². The molecule has 7 heteroatoms. The second-order valence-electron chi connectivity index (χ2n) is 3.29. The van der Waals surface area contributed by atoms with Crippen LogP contribution in [0.2, 0.25) is 0 Å². The van der Waals surface area contributed by atoms with Gasteiger partial charge in [-0.15, -0.1) is 0 Å². The maximum absolute atomic E-state index is 10.9. The number of rotatable bonds is 3. The molecule has 0 spiro atoms. The topological polar surface area (TPSA) is 68.9 Å². The van der Waals surface area contributed by atoms with Crippen LogP contribution in [-0.2, 0) is 10.7 Å². The van der Waals surface area contributed by atoms with Gasteiger partial charge >= 0.3 is 0 Å². The van der Waals surface area contributed by atoms with E-state index >= 15 is 0 Å². The fourth-order valence-corrected chi connectivity index (χ4v) is 2.39. The predicted molar refractivity (Wildman–Crippen MR) is 71.5 cm³/mol. The summed E-state index contributed by atoms with van der Waals surface area (Å²) in [5.41, 5.74) is 2.35. The van der Waals surface area contributed by atoms with Gasteiger partial charge in [-0.05, 0) is 6.07 Å². The monoisotopic (exact) mass is 359 g/mol. The van der Waals surface area contributed by atoms with Crippen LogP contribution in [0.4, 0.5) is 5.69 Å². The molecule has 0 atom stereocenters. The van der Waals surface area contributed by atoms with Crippen LogP contribution in [0.15, 0.2) is 18.2 Å². The van der Waals surface area contributed by atoms with Crippen LogP contribution >= 0.6 is 31.9 Å². The second kappa shape index (κ2) is 5.05. The zero-order chi connectivity index (χ0) is 12.4. The summed E-state index contributed by atoms with van der Waals surface area (Å²) in [6, 6.07) is 4.77. The number of fused-ring (bicyclic) bond motifs is 1. The quantitative estimate of drug-likeness (QED) is 0.478. The Labute approximate surface area is 114 Å². The summed E-state index contributed by atoms with van der Waals surface area (Å²) >= 11 is 6.63. The lowest BCUT2D eigenvalue weighted by Gasteiger charge is -2.05. The summed E-state index contributed by atoms with van der Waals surface area (Å²) in [6.45, 7) is 0. The summed E-state index contributed by atoms with van der Waals surface area (Å²) in [4.78, 5) is 19.1. The Morgan fingerprint density at radius 2 is 1.82 bits per heavy atom. The number of benzene rings is 1. The predicted octanol–water partition coefficient (Wildman–Crippen LogP) is 3.33. The first-order valence-corrected chi connectivity index (χ1v) is 6.96. The van der Waals surface area contributed by atoms with Crippen molar-refractivity contribution < 1.29 is 4.92 Å². The van der Waals surface area contributed by atoms with Gasteiger partial charge in [0.15, 0.2) is 5.52 Å². The number of hydrogen-bond acceptors (Lipinski definition) is 4. The van der Waals surface area contributed by atoms with E-state index in [1.807, 2.05) is 0 Å². The minimum atomic E-state index is -0.442. The molecule has 0 radical (unpaired) electrons. The number of hydrogen-bond donors (Lipinski definition) is 0. The third kappa shape index (κ3) is 2.30. The molecule has 0 amide bonds. The lowest BCUT2D eigenvalue weighted by atomic mass is 10.2. The summed E-state index contributed by atoms with van der Waals surface area (Å²) in [7, 11) is 0. The van der Waals surface area contributed by atoms with Gasteiger partial charge in [0.2, 0.25) is 0 Å². The normalized spacial score (nSPS) is 10.7. The average molecular weight is 361 g/mol. The molecule has 2 rings (SSSR count). The number of halogens is 2. The molecule has 0 aliphatic heterocycles. The van der Waals surface area contributed by atoms with Crippen molar-refractivity contribution in [1.82, 2.24) is 9.97 Å². The fourth-order valence-electron chi connectivity index (χ4n) is 1.50. The molecular weight excluding hydrogens is 354 g/mol. The first-order chi connectivity index (χ1) is 8.17. The van der Waals surface area contributed by atoms with Crippen LogP contribution in [0.25, 0.3) is 11.0 Å². The maximum atomic E-state index is 10.9. The number of aromatic nitrogens is 2. The van der Waals surface area contributed by atoms with Gasteiger partial charge in [-0.25, -0.2) is 9.97 Å². The van der Waals surface area contributed by atoms with E-state index in [1.165, 1.54) is 6.07 Å². The minimum Gasteiger partial charge on any atom is -0.258 e. The van der Waals surface area contributed by atoms with Crippen molar-refractivity contribution in [3.63, 3.8) is 0 Å². The molecule has 88 valence electrons. The summed E-state index contributed by atoms with van der Waals surface area (Å²) in [6.07, 6.45) is 0. The van der Waals surface area contributed by atoms with E-state index in [0.29, 0.717) is 27.4 Å². The SMILES string of the molecule is O=[N+]([O-])c1cccc2nc(CBr)c(CBr)nc12. The highest BCUT2D eigenvalue weighted by atomic mass is 79.9. The Bertz CT molecular complexity index is 589. The van der Waals surface area contributed by atoms with Crippen molar-refractivity contribution in [2.24, 2.45) is 0 Å². The molecular formula is C10H7Br2N3O2. The molecule has 0 aliphatic rings. The highest BCUT2D eigenvalue weighted by Gasteiger charge is 2.16. The molecule has 5 nitrogen and oxygen atoms in total. The molecule has 1 aromatic heterocycles. The highest BCUT2D eigenvalue weighted by molar-refractivity contribution is 9.09. The number of alkyl halides is 2. The Morgan fingerprint density at radius 3 is 2.41 bits per heavy atom. The maximum Gasteiger partial charge on any atom is 0.297 e. The Balaban J connectivity index is 2.78. The smallest absolute Gasteiger partial charge is 0.258 e. The number of nitro benzene ring substituents is 1. The van der Waals surface area contributed by atoms with E-state index in [2.05, 4.69) is 41.8 Å². The van der Waals surface area contributed by atoms with Gasteiger partial charge in [0, 0.05) is 16.7 Å². The zero-order valence-corrected chi connectivity index (χ0v) is 11.7. The largest absolute Gasteiger partial charge is 0.297 e. The minimum absolute atomic E-state index is 0.0154. The van der Waals surface area contributed by atoms with Crippen molar-refractivity contribution >= 4 is 48.6 Å². The van der Waals surface area contributed by atoms with Crippen molar-refractivity contribution in [3.8, 4) is 0 Å². The van der Waals surface area contributed by atoms with E-state index in [-0.39, 0.29) is 5.69 Å². The fraction of sp³-hybridized carbons (Fsp3) is 0.200. The summed E-state index contributed by atoms with van der Waals surface area (Å²) < 4.78 is 0. The molecule has 1 heterocycles. The van der Waals surface area contributed by atoms with Crippen LogP contribution in [0.1, 0.15) is 11.4 Å². The van der Waals surface area contributed by atoms with Gasteiger partial charge < -0.3 is 0 Å². The van der Waals surface area contributed by atoms with Gasteiger partial charge in [-0.1, -0.05) is 37.9 Å². The van der Waals surface area contributed by atoms with E-state index < -0.39 is 4.92 Å². The Kier molecular flexibility index (Phi) is 3.68. The standard InChI is InChI=1S/C10H7Br2N3O2/c11-4-7-8(5-12)14-10-6(13-7)2-1-3-9(10)15(16)17/h1-3H,4-5H2. The van der Waals surface area contributed by atoms with E-state index in [9.17, 15) is 10.1 Å². The lowest BCUT2D eigenvalue weighted by Crippen LogP contribution is -2.00. The van der Waals surface area contributed by atoms with E-state index in [0.717, 1.165) is 5.69 Å². The second-order valence-corrected chi connectivity index (χ2v) is 4.41. The average Bonchev–Trinajstić information content (AvgIpc) is 2.35. The summed E-state index contributed by atoms with van der Waals surface area (Å²) in [5, 5.41) is 12.0. The van der Waals surface area contributed by atoms with Crippen LogP contribution in [0.3, 0.4) is 0 Å². The highest BCUT2D eigenvalue weighted by Crippen LogP contribution is 2.24. The number of nitro groups is 1. The third-order valence-corrected chi connectivity index (χ3v) is 3.34. The van der Waals surface area contributed by atoms with Gasteiger partial charge in [0.25, 0.3) is 5.69 Å². The third-order valence-electron chi connectivity index (χ3n) is 2.28. The van der Waals surface area contributed by atoms with Crippen LogP contribution in [0.5, 0.6) is 0 Å². The van der Waals surface area contributed by atoms with Crippen LogP contribution < -0.4 is 0 Å². The molecule has 0 fully saturated rings. The van der Waals surface area contributed by atoms with Crippen molar-refractivity contribution in [3.05, 3.63) is 39.7 Å². The number of para-hydroxylation sites is 1. The first-order valence-electron chi connectivity index (χ1n) is 4.72. The number of nitrogens with zero attached hydrogens (tertiary/aromatic N) is 3. The molecule has 17 heavy (non-hydrogen) atoms. The van der Waals surface area contributed by atoms with Crippen molar-refractivity contribution in [1.29, 1.82) is 0 Å². The molecule has 0 saturated heterocycles. The first kappa shape index (κ1) is 12.4. The molecule has 0 aliphatic carbocycles. The molecule has 0 N–H and O–H groups in total. The van der Waals surface area contributed by atoms with Gasteiger partial charge in [0.05, 0.1) is 21.8 Å². The van der Waals surface area contributed by atoms with E-state index in [4.69, 9.17) is 0 Å². The lowest BCUT2D eigenvalue weighted by molar-refractivity contribution is -0.383. The molecule has 0 unspecified atom stereocenters. The molecule has 0 saturated carbocycles. The Morgan fingerprint density at radius 1 is 1.18 bits per heavy atom. The van der Waals surface area contributed by atoms with Crippen LogP contribution in [0, 0.1) is 10.1 Å².